The number of ether oxygens (including phenoxy) is 2. The van der Waals surface area contributed by atoms with Gasteiger partial charge in [0, 0.05) is 0 Å². The number of esters is 2. The highest BCUT2D eigenvalue weighted by molar-refractivity contribution is 6.30. The van der Waals surface area contributed by atoms with Crippen LogP contribution in [0.2, 0.25) is 0 Å². The first-order valence-electron chi connectivity index (χ1n) is 3.11. The van der Waals surface area contributed by atoms with E-state index in [0.29, 0.717) is 6.42 Å². The first-order chi connectivity index (χ1) is 4.74. The van der Waals surface area contributed by atoms with Crippen LogP contribution >= 0.6 is 0 Å². The highest BCUT2D eigenvalue weighted by atomic mass is 16.6. The van der Waals surface area contributed by atoms with Crippen LogP contribution in [-0.4, -0.2) is 24.6 Å². The molecule has 1 heterocycles. The van der Waals surface area contributed by atoms with Gasteiger partial charge < -0.3 is 9.47 Å². The molecule has 1 atom stereocenters. The number of hydrogen-bond donors (Lipinski definition) is 0. The van der Waals surface area contributed by atoms with Gasteiger partial charge in [0.15, 0.2) is 0 Å². The summed E-state index contributed by atoms with van der Waals surface area (Å²) in [5, 5.41) is 0. The van der Waals surface area contributed by atoms with Crippen molar-refractivity contribution in [3.8, 4) is 0 Å². The molecule has 0 aromatic carbocycles. The van der Waals surface area contributed by atoms with Crippen LogP contribution in [0.15, 0.2) is 0 Å². The SMILES string of the molecule is CC[C@H]1COC(=O)C(=O)O1. The van der Waals surface area contributed by atoms with Crippen molar-refractivity contribution in [2.24, 2.45) is 0 Å². The first kappa shape index (κ1) is 7.05. The van der Waals surface area contributed by atoms with Crippen LogP contribution in [0, 0.1) is 0 Å². The van der Waals surface area contributed by atoms with Crippen LogP contribution in [0.25, 0.3) is 0 Å². The lowest BCUT2D eigenvalue weighted by Gasteiger charge is -2.19. The van der Waals surface area contributed by atoms with Gasteiger partial charge >= 0.3 is 11.9 Å². The van der Waals surface area contributed by atoms with E-state index in [-0.39, 0.29) is 12.7 Å². The maximum absolute atomic E-state index is 10.5. The van der Waals surface area contributed by atoms with Gasteiger partial charge in [0.2, 0.25) is 0 Å². The summed E-state index contributed by atoms with van der Waals surface area (Å²) in [7, 11) is 0. The minimum atomic E-state index is -0.885. The van der Waals surface area contributed by atoms with Gasteiger partial charge in [0.1, 0.15) is 12.7 Å². The number of cyclic esters (lactones) is 2. The van der Waals surface area contributed by atoms with E-state index in [1.165, 1.54) is 0 Å². The minimum Gasteiger partial charge on any atom is -0.453 e. The van der Waals surface area contributed by atoms with Crippen LogP contribution in [0.5, 0.6) is 0 Å². The maximum Gasteiger partial charge on any atom is 0.417 e. The Labute approximate surface area is 58.1 Å². The fraction of sp³-hybridized carbons (Fsp3) is 0.667. The molecular formula is C6H8O4. The molecule has 4 heteroatoms. The van der Waals surface area contributed by atoms with Crippen molar-refractivity contribution in [2.75, 3.05) is 6.61 Å². The Balaban J connectivity index is 2.48. The van der Waals surface area contributed by atoms with Crippen LogP contribution in [0.4, 0.5) is 0 Å². The van der Waals surface area contributed by atoms with Gasteiger partial charge in [-0.15, -0.1) is 0 Å². The van der Waals surface area contributed by atoms with Gasteiger partial charge in [-0.25, -0.2) is 9.59 Å². The molecule has 0 aliphatic carbocycles. The molecule has 4 nitrogen and oxygen atoms in total. The predicted octanol–water partition coefficient (Wildman–Crippen LogP) is -0.135. The molecule has 0 bridgehead atoms. The molecule has 0 saturated carbocycles. The first-order valence-corrected chi connectivity index (χ1v) is 3.11. The van der Waals surface area contributed by atoms with E-state index in [9.17, 15) is 9.59 Å². The third-order valence-corrected chi connectivity index (χ3v) is 1.30. The third-order valence-electron chi connectivity index (χ3n) is 1.30. The van der Waals surface area contributed by atoms with E-state index in [1.54, 1.807) is 0 Å². The van der Waals surface area contributed by atoms with E-state index in [1.807, 2.05) is 6.92 Å². The largest absolute Gasteiger partial charge is 0.453 e. The van der Waals surface area contributed by atoms with Crippen molar-refractivity contribution in [3.05, 3.63) is 0 Å². The lowest BCUT2D eigenvalue weighted by Crippen LogP contribution is -2.36. The molecule has 1 rings (SSSR count). The summed E-state index contributed by atoms with van der Waals surface area (Å²) in [6.07, 6.45) is 0.434. The number of hydrogen-bond acceptors (Lipinski definition) is 4. The Hall–Kier alpha value is -1.06. The van der Waals surface area contributed by atoms with Gasteiger partial charge in [-0.05, 0) is 6.42 Å². The predicted molar refractivity (Wildman–Crippen MR) is 31.1 cm³/mol. The molecule has 1 saturated heterocycles. The average molecular weight is 144 g/mol. The maximum atomic E-state index is 10.5. The van der Waals surface area contributed by atoms with Crippen LogP contribution in [0.3, 0.4) is 0 Å². The topological polar surface area (TPSA) is 52.6 Å². The Morgan fingerprint density at radius 3 is 2.70 bits per heavy atom. The Morgan fingerprint density at radius 2 is 2.20 bits per heavy atom. The van der Waals surface area contributed by atoms with Gasteiger partial charge in [0.25, 0.3) is 0 Å². The molecule has 0 radical (unpaired) electrons. The molecule has 0 N–H and O–H groups in total. The molecule has 0 aromatic rings. The van der Waals surface area contributed by atoms with E-state index >= 15 is 0 Å². The molecule has 0 unspecified atom stereocenters. The van der Waals surface area contributed by atoms with Crippen LogP contribution in [0.1, 0.15) is 13.3 Å². The Morgan fingerprint density at radius 1 is 1.50 bits per heavy atom. The summed E-state index contributed by atoms with van der Waals surface area (Å²) < 4.78 is 9.11. The molecule has 0 amide bonds. The average Bonchev–Trinajstić information content (AvgIpc) is 1.95. The van der Waals surface area contributed by atoms with Gasteiger partial charge in [0.05, 0.1) is 0 Å². The van der Waals surface area contributed by atoms with Crippen molar-refractivity contribution in [1.82, 2.24) is 0 Å². The molecule has 56 valence electrons. The Kier molecular flexibility index (Phi) is 1.89. The molecule has 0 spiro atoms. The van der Waals surface area contributed by atoms with Crippen LogP contribution in [-0.2, 0) is 19.1 Å². The number of carbonyl (C=O) groups excluding carboxylic acids is 2. The zero-order valence-electron chi connectivity index (χ0n) is 5.62. The smallest absolute Gasteiger partial charge is 0.417 e. The third kappa shape index (κ3) is 1.26. The van der Waals surface area contributed by atoms with Gasteiger partial charge in [-0.2, -0.15) is 0 Å². The van der Waals surface area contributed by atoms with Crippen molar-refractivity contribution in [3.63, 3.8) is 0 Å². The normalized spacial score (nSPS) is 25.5. The second-order valence-electron chi connectivity index (χ2n) is 2.03. The van der Waals surface area contributed by atoms with Crippen molar-refractivity contribution < 1.29 is 19.1 Å². The fourth-order valence-corrected chi connectivity index (χ4v) is 0.662. The van der Waals surface area contributed by atoms with Gasteiger partial charge in [-0.3, -0.25) is 0 Å². The highest BCUT2D eigenvalue weighted by Gasteiger charge is 2.28. The minimum absolute atomic E-state index is 0.196. The number of carbonyl (C=O) groups is 2. The zero-order chi connectivity index (χ0) is 7.56. The van der Waals surface area contributed by atoms with Crippen LogP contribution < -0.4 is 0 Å². The summed E-state index contributed by atoms with van der Waals surface area (Å²) >= 11 is 0. The molecule has 1 aliphatic rings. The van der Waals surface area contributed by atoms with Crippen molar-refractivity contribution >= 4 is 11.9 Å². The number of rotatable bonds is 1. The fourth-order valence-electron chi connectivity index (χ4n) is 0.662. The summed E-state index contributed by atoms with van der Waals surface area (Å²) in [5.41, 5.74) is 0. The van der Waals surface area contributed by atoms with Crippen molar-refractivity contribution in [2.45, 2.75) is 19.4 Å². The summed E-state index contributed by atoms with van der Waals surface area (Å²) in [4.78, 5) is 20.8. The van der Waals surface area contributed by atoms with E-state index in [2.05, 4.69) is 9.47 Å². The lowest BCUT2D eigenvalue weighted by atomic mass is 10.3. The van der Waals surface area contributed by atoms with Crippen molar-refractivity contribution in [1.29, 1.82) is 0 Å². The van der Waals surface area contributed by atoms with Gasteiger partial charge in [-0.1, -0.05) is 6.92 Å². The molecular weight excluding hydrogens is 136 g/mol. The second-order valence-corrected chi connectivity index (χ2v) is 2.03. The molecule has 0 aromatic heterocycles. The summed E-state index contributed by atoms with van der Waals surface area (Å²) in [6.45, 7) is 2.05. The lowest BCUT2D eigenvalue weighted by molar-refractivity contribution is -0.184. The molecule has 10 heavy (non-hydrogen) atoms. The monoisotopic (exact) mass is 144 g/mol. The zero-order valence-corrected chi connectivity index (χ0v) is 5.62. The molecule has 1 aliphatic heterocycles. The Bertz CT molecular complexity index is 163. The summed E-state index contributed by atoms with van der Waals surface area (Å²) in [5.74, 6) is -1.76. The van der Waals surface area contributed by atoms with E-state index in [4.69, 9.17) is 0 Å². The highest BCUT2D eigenvalue weighted by Crippen LogP contribution is 2.05. The standard InChI is InChI=1S/C6H8O4/c1-2-4-3-9-5(7)6(8)10-4/h4H,2-3H2,1H3/t4-/m0/s1. The second kappa shape index (κ2) is 2.68. The van der Waals surface area contributed by atoms with E-state index < -0.39 is 11.9 Å². The van der Waals surface area contributed by atoms with E-state index in [0.717, 1.165) is 0 Å². The summed E-state index contributed by atoms with van der Waals surface area (Å²) in [6, 6.07) is 0. The molecule has 1 fully saturated rings. The quantitative estimate of drug-likeness (QED) is 0.380.